The molecule has 1 saturated heterocycles. The summed E-state index contributed by atoms with van der Waals surface area (Å²) in [5, 5.41) is 6.96. The second kappa shape index (κ2) is 7.76. The topological polar surface area (TPSA) is 78.5 Å². The summed E-state index contributed by atoms with van der Waals surface area (Å²) >= 11 is 0. The molecule has 2 N–H and O–H groups in total. The predicted octanol–water partition coefficient (Wildman–Crippen LogP) is 4.86. The van der Waals surface area contributed by atoms with Gasteiger partial charge in [-0.05, 0) is 93.0 Å². The first-order chi connectivity index (χ1) is 15.9. The summed E-state index contributed by atoms with van der Waals surface area (Å²) in [7, 11) is -3.28. The first-order valence-corrected chi connectivity index (χ1v) is 13.8. The summed E-state index contributed by atoms with van der Waals surface area (Å²) in [4.78, 5) is 13.2. The maximum absolute atomic E-state index is 13.2. The van der Waals surface area contributed by atoms with Crippen molar-refractivity contribution in [1.82, 2.24) is 0 Å². The molecule has 33 heavy (non-hydrogen) atoms. The molecule has 0 unspecified atom stereocenters. The summed E-state index contributed by atoms with van der Waals surface area (Å²) in [6.45, 7) is 0.464. The van der Waals surface area contributed by atoms with Crippen molar-refractivity contribution in [3.05, 3.63) is 54.1 Å². The van der Waals surface area contributed by atoms with Gasteiger partial charge in [-0.2, -0.15) is 0 Å². The number of amides is 1. The highest BCUT2D eigenvalue weighted by Crippen LogP contribution is 2.56. The molecule has 0 aromatic heterocycles. The van der Waals surface area contributed by atoms with Gasteiger partial charge >= 0.3 is 0 Å². The molecule has 4 aliphatic carbocycles. The van der Waals surface area contributed by atoms with E-state index in [-0.39, 0.29) is 17.2 Å². The minimum Gasteiger partial charge on any atom is -0.378 e. The molecule has 0 atom stereocenters. The molecule has 2 aromatic carbocycles. The van der Waals surface area contributed by atoms with Gasteiger partial charge in [-0.15, -0.1) is 0 Å². The average molecular weight is 466 g/mol. The third-order valence-corrected chi connectivity index (χ3v) is 9.98. The third-order valence-electron chi connectivity index (χ3n) is 8.11. The zero-order chi connectivity index (χ0) is 22.6. The minimum atomic E-state index is -3.28. The van der Waals surface area contributed by atoms with Gasteiger partial charge in [0.15, 0.2) is 0 Å². The Balaban J connectivity index is 1.22. The lowest BCUT2D eigenvalue weighted by molar-refractivity contribution is 0.0107. The van der Waals surface area contributed by atoms with Gasteiger partial charge in [-0.1, -0.05) is 18.2 Å². The Morgan fingerprint density at radius 2 is 1.58 bits per heavy atom. The van der Waals surface area contributed by atoms with Crippen LogP contribution in [0.4, 0.5) is 17.1 Å². The van der Waals surface area contributed by atoms with Crippen molar-refractivity contribution < 1.29 is 13.2 Å². The molecule has 5 fully saturated rings. The molecule has 1 aliphatic heterocycles. The van der Waals surface area contributed by atoms with Gasteiger partial charge in [0.05, 0.1) is 22.8 Å². The molecule has 4 saturated carbocycles. The lowest BCUT2D eigenvalue weighted by atomic mass is 9.53. The van der Waals surface area contributed by atoms with E-state index in [0.29, 0.717) is 24.2 Å². The molecular weight excluding hydrogens is 434 g/mol. The fourth-order valence-electron chi connectivity index (χ4n) is 7.18. The Morgan fingerprint density at radius 3 is 2.21 bits per heavy atom. The highest BCUT2D eigenvalue weighted by Gasteiger charge is 2.51. The van der Waals surface area contributed by atoms with Crippen LogP contribution in [-0.2, 0) is 10.0 Å². The number of hydrogen-bond acceptors (Lipinski definition) is 4. The number of para-hydroxylation sites is 2. The van der Waals surface area contributed by atoms with E-state index in [1.807, 2.05) is 18.2 Å². The number of carbonyl (C=O) groups excluding carboxylic acids is 1. The van der Waals surface area contributed by atoms with E-state index < -0.39 is 10.0 Å². The van der Waals surface area contributed by atoms with Crippen LogP contribution in [0.2, 0.25) is 0 Å². The van der Waals surface area contributed by atoms with Crippen LogP contribution in [0.5, 0.6) is 0 Å². The molecule has 0 spiro atoms. The van der Waals surface area contributed by atoms with Gasteiger partial charge in [0.1, 0.15) is 0 Å². The number of anilines is 3. The van der Waals surface area contributed by atoms with Gasteiger partial charge in [-0.25, -0.2) is 8.42 Å². The van der Waals surface area contributed by atoms with Gasteiger partial charge < -0.3 is 10.6 Å². The highest BCUT2D eigenvalue weighted by atomic mass is 32.2. The maximum Gasteiger partial charge on any atom is 0.255 e. The molecule has 6 nitrogen and oxygen atoms in total. The lowest BCUT2D eigenvalue weighted by Crippen LogP contribution is -2.54. The van der Waals surface area contributed by atoms with Crippen molar-refractivity contribution in [2.24, 2.45) is 17.8 Å². The van der Waals surface area contributed by atoms with E-state index in [2.05, 4.69) is 16.7 Å². The number of nitrogens with zero attached hydrogens (tertiary/aromatic N) is 1. The third kappa shape index (κ3) is 3.90. The van der Waals surface area contributed by atoms with Crippen LogP contribution in [-0.4, -0.2) is 32.2 Å². The minimum absolute atomic E-state index is 0.152. The summed E-state index contributed by atoms with van der Waals surface area (Å²) in [6, 6.07) is 14.9. The van der Waals surface area contributed by atoms with Crippen LogP contribution in [0.1, 0.15) is 55.3 Å². The number of sulfonamides is 1. The second-order valence-corrected chi connectivity index (χ2v) is 12.6. The SMILES string of the molecule is O=C(Nc1ccccc1NC12CC3CC(CC(C3)C1)C2)c1cccc(N2CCCS2(=O)=O)c1. The highest BCUT2D eigenvalue weighted by molar-refractivity contribution is 7.93. The normalized spacial score (nSPS) is 31.5. The zero-order valence-corrected chi connectivity index (χ0v) is 19.6. The molecule has 0 radical (unpaired) electrons. The number of hydrogen-bond donors (Lipinski definition) is 2. The maximum atomic E-state index is 13.2. The number of carbonyl (C=O) groups is 1. The van der Waals surface area contributed by atoms with Gasteiger partial charge in [0.2, 0.25) is 10.0 Å². The molecule has 7 rings (SSSR count). The quantitative estimate of drug-likeness (QED) is 0.661. The molecular formula is C26H31N3O3S. The van der Waals surface area contributed by atoms with Crippen LogP contribution in [0, 0.1) is 17.8 Å². The Hall–Kier alpha value is -2.54. The van der Waals surface area contributed by atoms with Crippen molar-refractivity contribution in [3.63, 3.8) is 0 Å². The largest absolute Gasteiger partial charge is 0.378 e. The van der Waals surface area contributed by atoms with Gasteiger partial charge in [-0.3, -0.25) is 9.10 Å². The smallest absolute Gasteiger partial charge is 0.255 e. The Labute approximate surface area is 195 Å². The van der Waals surface area contributed by atoms with E-state index >= 15 is 0 Å². The number of nitrogens with one attached hydrogen (secondary N) is 2. The predicted molar refractivity (Wildman–Crippen MR) is 131 cm³/mol. The van der Waals surface area contributed by atoms with Crippen molar-refractivity contribution in [2.45, 2.75) is 50.5 Å². The van der Waals surface area contributed by atoms with Crippen molar-refractivity contribution in [3.8, 4) is 0 Å². The van der Waals surface area contributed by atoms with Crippen LogP contribution in [0.3, 0.4) is 0 Å². The van der Waals surface area contributed by atoms with E-state index in [4.69, 9.17) is 0 Å². The van der Waals surface area contributed by atoms with Gasteiger partial charge in [0.25, 0.3) is 5.91 Å². The standard InChI is InChI=1S/C26H31N3O3S/c30-25(21-5-3-6-22(14-21)29-9-4-10-33(29,31)32)27-23-7-1-2-8-24(23)28-26-15-18-11-19(16-26)13-20(12-18)17-26/h1-3,5-8,14,18-20,28H,4,9-13,15-17H2,(H,27,30). The first kappa shape index (κ1) is 21.0. The second-order valence-electron chi connectivity index (χ2n) is 10.6. The van der Waals surface area contributed by atoms with Gasteiger partial charge in [0, 0.05) is 17.6 Å². The monoisotopic (exact) mass is 465 g/mol. The Morgan fingerprint density at radius 1 is 0.909 bits per heavy atom. The number of rotatable bonds is 5. The average Bonchev–Trinajstić information content (AvgIpc) is 3.13. The van der Waals surface area contributed by atoms with Crippen LogP contribution < -0.4 is 14.9 Å². The fraction of sp³-hybridized carbons (Fsp3) is 0.500. The summed E-state index contributed by atoms with van der Waals surface area (Å²) in [5.74, 6) is 2.46. The molecule has 7 heteroatoms. The van der Waals surface area contributed by atoms with E-state index in [0.717, 1.165) is 29.1 Å². The van der Waals surface area contributed by atoms with E-state index in [9.17, 15) is 13.2 Å². The first-order valence-electron chi connectivity index (χ1n) is 12.2. The summed E-state index contributed by atoms with van der Waals surface area (Å²) < 4.78 is 26.0. The van der Waals surface area contributed by atoms with Crippen LogP contribution in [0.15, 0.2) is 48.5 Å². The molecule has 1 heterocycles. The molecule has 2 aromatic rings. The zero-order valence-electron chi connectivity index (χ0n) is 18.8. The van der Waals surface area contributed by atoms with E-state index in [1.165, 1.54) is 42.8 Å². The van der Waals surface area contributed by atoms with Crippen molar-refractivity contribution >= 4 is 33.0 Å². The molecule has 5 aliphatic rings. The summed E-state index contributed by atoms with van der Waals surface area (Å²) in [6.07, 6.45) is 8.48. The van der Waals surface area contributed by atoms with E-state index in [1.54, 1.807) is 24.3 Å². The number of benzene rings is 2. The van der Waals surface area contributed by atoms with Crippen molar-refractivity contribution in [1.29, 1.82) is 0 Å². The Kier molecular flexibility index (Phi) is 4.94. The van der Waals surface area contributed by atoms with Crippen molar-refractivity contribution in [2.75, 3.05) is 27.2 Å². The fourth-order valence-corrected chi connectivity index (χ4v) is 8.73. The lowest BCUT2D eigenvalue weighted by Gasteiger charge is -2.57. The Bertz CT molecular complexity index is 1160. The van der Waals surface area contributed by atoms with Crippen LogP contribution in [0.25, 0.3) is 0 Å². The molecule has 4 bridgehead atoms. The van der Waals surface area contributed by atoms with Crippen LogP contribution >= 0.6 is 0 Å². The summed E-state index contributed by atoms with van der Waals surface area (Å²) in [5.41, 5.74) is 2.92. The molecule has 1 amide bonds. The molecule has 174 valence electrons.